The van der Waals surface area contributed by atoms with Crippen molar-refractivity contribution in [2.75, 3.05) is 13.7 Å². The molecule has 284 valence electrons. The summed E-state index contributed by atoms with van der Waals surface area (Å²) in [5.74, 6) is 0. The van der Waals surface area contributed by atoms with Crippen molar-refractivity contribution in [1.82, 2.24) is 0 Å². The predicted molar refractivity (Wildman–Crippen MR) is 216 cm³/mol. The highest BCUT2D eigenvalue weighted by Crippen LogP contribution is 2.41. The number of hydrogen-bond donors (Lipinski definition) is 0. The Balaban J connectivity index is 1.33. The van der Waals surface area contributed by atoms with E-state index in [4.69, 9.17) is 28.4 Å². The normalized spacial score (nSPS) is 20.8. The van der Waals surface area contributed by atoms with E-state index in [1.807, 2.05) is 84.6 Å². The van der Waals surface area contributed by atoms with E-state index in [2.05, 4.69) is 93.6 Å². The lowest BCUT2D eigenvalue weighted by Crippen LogP contribution is -2.62. The highest BCUT2D eigenvalue weighted by molar-refractivity contribution is 8.00. The Bertz CT molecular complexity index is 1770. The van der Waals surface area contributed by atoms with Crippen molar-refractivity contribution in [3.05, 3.63) is 173 Å². The van der Waals surface area contributed by atoms with Gasteiger partial charge < -0.3 is 28.4 Å². The number of ether oxygens (including phenoxy) is 6. The minimum absolute atomic E-state index is 0.181. The molecule has 0 spiro atoms. The summed E-state index contributed by atoms with van der Waals surface area (Å²) < 4.78 is 40.4. The lowest BCUT2D eigenvalue weighted by Gasteiger charge is -2.48. The van der Waals surface area contributed by atoms with E-state index in [0.29, 0.717) is 39.5 Å². The first-order chi connectivity index (χ1) is 26.4. The average molecular weight is 747 g/mol. The van der Waals surface area contributed by atoms with Crippen LogP contribution in [0.4, 0.5) is 0 Å². The van der Waals surface area contributed by atoms with Crippen molar-refractivity contribution < 1.29 is 28.4 Å². The second kappa shape index (κ2) is 20.2. The number of hydrogen-bond acceptors (Lipinski definition) is 7. The van der Waals surface area contributed by atoms with E-state index in [1.54, 1.807) is 7.11 Å². The number of rotatable bonds is 19. The van der Waals surface area contributed by atoms with Gasteiger partial charge in [0.2, 0.25) is 0 Å². The molecule has 0 amide bonds. The largest absolute Gasteiger partial charge is 0.380 e. The van der Waals surface area contributed by atoms with Crippen LogP contribution in [0, 0.1) is 6.92 Å². The van der Waals surface area contributed by atoms with Crippen LogP contribution in [0.2, 0.25) is 0 Å². The summed E-state index contributed by atoms with van der Waals surface area (Å²) in [7, 11) is 1.79. The first kappa shape index (κ1) is 39.9. The summed E-state index contributed by atoms with van der Waals surface area (Å²) in [6.07, 6.45) is -1.88. The molecular formula is C47H54O6S. The molecule has 6 nitrogen and oxygen atoms in total. The van der Waals surface area contributed by atoms with Gasteiger partial charge >= 0.3 is 0 Å². The third kappa shape index (κ3) is 11.6. The summed E-state index contributed by atoms with van der Waals surface area (Å²) in [5.41, 5.74) is 5.56. The molecule has 54 heavy (non-hydrogen) atoms. The molecule has 0 unspecified atom stereocenters. The SMILES string of the molecule is CO[C@@H](C[C@@H]1O[C@H](COCc2ccccc2)[C@@H](OCc2ccccc2)[C@H](OCc2ccccc2)[C@H]1OCc1ccccc1)C(C)(C)Sc1ccc(C)cc1. The Kier molecular flexibility index (Phi) is 14.9. The van der Waals surface area contributed by atoms with Crippen LogP contribution in [-0.4, -0.2) is 55.1 Å². The van der Waals surface area contributed by atoms with Gasteiger partial charge in [-0.1, -0.05) is 139 Å². The lowest BCUT2D eigenvalue weighted by molar-refractivity contribution is -0.276. The zero-order valence-electron chi connectivity index (χ0n) is 31.9. The third-order valence-electron chi connectivity index (χ3n) is 9.89. The average Bonchev–Trinajstić information content (AvgIpc) is 3.20. The van der Waals surface area contributed by atoms with Crippen LogP contribution in [0.5, 0.6) is 0 Å². The van der Waals surface area contributed by atoms with Gasteiger partial charge in [-0.25, -0.2) is 0 Å². The molecule has 5 aromatic rings. The van der Waals surface area contributed by atoms with Gasteiger partial charge in [-0.2, -0.15) is 0 Å². The number of aryl methyl sites for hydroxylation is 1. The first-order valence-corrected chi connectivity index (χ1v) is 19.7. The second-order valence-corrected chi connectivity index (χ2v) is 16.2. The molecule has 0 bridgehead atoms. The van der Waals surface area contributed by atoms with Crippen molar-refractivity contribution in [3.63, 3.8) is 0 Å². The van der Waals surface area contributed by atoms with E-state index in [0.717, 1.165) is 22.3 Å². The molecule has 1 heterocycles. The Morgan fingerprint density at radius 2 is 0.981 bits per heavy atom. The fourth-order valence-corrected chi connectivity index (χ4v) is 8.13. The smallest absolute Gasteiger partial charge is 0.115 e. The Hall–Kier alpha value is -3.79. The van der Waals surface area contributed by atoms with E-state index >= 15 is 0 Å². The molecule has 0 aromatic heterocycles. The van der Waals surface area contributed by atoms with Gasteiger partial charge in [-0.05, 0) is 55.2 Å². The lowest BCUT2D eigenvalue weighted by atomic mass is 9.88. The Morgan fingerprint density at radius 3 is 1.44 bits per heavy atom. The van der Waals surface area contributed by atoms with Crippen LogP contribution in [0.25, 0.3) is 0 Å². The van der Waals surface area contributed by atoms with E-state index in [-0.39, 0.29) is 17.0 Å². The molecule has 0 saturated carbocycles. The molecule has 1 saturated heterocycles. The molecule has 5 aromatic carbocycles. The standard InChI is InChI=1S/C47H54O6S/c1-35-25-27-40(28-26-35)54-47(2,3)43(48-4)29-41-44(50-31-37-19-11-6-12-20-37)46(52-33-39-23-15-8-16-24-39)45(51-32-38-21-13-7-14-22-38)42(53-41)34-49-30-36-17-9-5-10-18-36/h5-28,41-46H,29-34H2,1-4H3/t41-,42+,43-,44-,45+,46+/m0/s1. The summed E-state index contributed by atoms with van der Waals surface area (Å²) >= 11 is 1.81. The molecule has 7 heteroatoms. The maximum atomic E-state index is 7.16. The summed E-state index contributed by atoms with van der Waals surface area (Å²) in [6, 6.07) is 49.7. The third-order valence-corrected chi connectivity index (χ3v) is 11.2. The fourth-order valence-electron chi connectivity index (χ4n) is 6.93. The Morgan fingerprint density at radius 1 is 0.556 bits per heavy atom. The van der Waals surface area contributed by atoms with Crippen LogP contribution in [0.1, 0.15) is 48.1 Å². The summed E-state index contributed by atoms with van der Waals surface area (Å²) in [6.45, 7) is 8.56. The van der Waals surface area contributed by atoms with Gasteiger partial charge in [-0.15, -0.1) is 11.8 Å². The molecule has 0 N–H and O–H groups in total. The highest BCUT2D eigenvalue weighted by atomic mass is 32.2. The maximum Gasteiger partial charge on any atom is 0.115 e. The fraction of sp³-hybridized carbons (Fsp3) is 0.362. The summed E-state index contributed by atoms with van der Waals surface area (Å²) in [4.78, 5) is 1.19. The quantitative estimate of drug-likeness (QED) is 0.0780. The molecule has 0 radical (unpaired) electrons. The molecule has 1 fully saturated rings. The van der Waals surface area contributed by atoms with Gasteiger partial charge in [0.15, 0.2) is 0 Å². The van der Waals surface area contributed by atoms with Gasteiger partial charge in [0.25, 0.3) is 0 Å². The van der Waals surface area contributed by atoms with Gasteiger partial charge in [-0.3, -0.25) is 0 Å². The first-order valence-electron chi connectivity index (χ1n) is 18.9. The van der Waals surface area contributed by atoms with Crippen LogP contribution in [-0.2, 0) is 54.8 Å². The van der Waals surface area contributed by atoms with Crippen molar-refractivity contribution in [3.8, 4) is 0 Å². The van der Waals surface area contributed by atoms with Crippen molar-refractivity contribution >= 4 is 11.8 Å². The van der Waals surface area contributed by atoms with Crippen molar-refractivity contribution in [2.24, 2.45) is 0 Å². The number of methoxy groups -OCH3 is 1. The van der Waals surface area contributed by atoms with Crippen LogP contribution >= 0.6 is 11.8 Å². The number of benzene rings is 5. The number of thioether (sulfide) groups is 1. The molecule has 6 atom stereocenters. The van der Waals surface area contributed by atoms with Gasteiger partial charge in [0, 0.05) is 23.2 Å². The predicted octanol–water partition coefficient (Wildman–Crippen LogP) is 10.0. The van der Waals surface area contributed by atoms with Gasteiger partial charge in [0.05, 0.1) is 45.2 Å². The molecule has 1 aliphatic rings. The zero-order chi connectivity index (χ0) is 37.6. The van der Waals surface area contributed by atoms with Crippen molar-refractivity contribution in [2.45, 2.75) is 99.9 Å². The zero-order valence-corrected chi connectivity index (χ0v) is 32.7. The van der Waals surface area contributed by atoms with Crippen LogP contribution < -0.4 is 0 Å². The van der Waals surface area contributed by atoms with E-state index in [1.165, 1.54) is 10.5 Å². The van der Waals surface area contributed by atoms with E-state index < -0.39 is 24.4 Å². The minimum Gasteiger partial charge on any atom is -0.380 e. The van der Waals surface area contributed by atoms with Crippen LogP contribution in [0.15, 0.2) is 150 Å². The Labute approximate surface area is 326 Å². The van der Waals surface area contributed by atoms with E-state index in [9.17, 15) is 0 Å². The van der Waals surface area contributed by atoms with Crippen molar-refractivity contribution in [1.29, 1.82) is 0 Å². The monoisotopic (exact) mass is 746 g/mol. The van der Waals surface area contributed by atoms with Gasteiger partial charge in [0.1, 0.15) is 24.4 Å². The molecule has 6 rings (SSSR count). The maximum absolute atomic E-state index is 7.16. The summed E-state index contributed by atoms with van der Waals surface area (Å²) in [5, 5.41) is 0. The highest BCUT2D eigenvalue weighted by Gasteiger charge is 2.50. The molecular weight excluding hydrogens is 693 g/mol. The second-order valence-electron chi connectivity index (χ2n) is 14.5. The minimum atomic E-state index is -0.488. The van der Waals surface area contributed by atoms with Crippen LogP contribution in [0.3, 0.4) is 0 Å². The molecule has 1 aliphatic heterocycles. The topological polar surface area (TPSA) is 55.4 Å². The molecule has 0 aliphatic carbocycles.